The van der Waals surface area contributed by atoms with Crippen molar-refractivity contribution in [2.75, 3.05) is 4.90 Å². The number of hydrogen-bond donors (Lipinski definition) is 1. The minimum atomic E-state index is -0.856. The van der Waals surface area contributed by atoms with Gasteiger partial charge in [0, 0.05) is 19.0 Å². The highest BCUT2D eigenvalue weighted by Crippen LogP contribution is 2.29. The standard InChI is InChI=1S/C24H13Br3N2O5/c25-15-3-1-13(2-4-15)23(32)34-20-10-7-17(27)11-14(20)12-19-21(30)28-24(33)29(22(19)31)18-8-5-16(26)6-9-18/h1-12H,(H,28,30,33)/b19-12-. The second-order valence-corrected chi connectivity index (χ2v) is 9.76. The Morgan fingerprint density at radius 3 is 2.06 bits per heavy atom. The fourth-order valence-electron chi connectivity index (χ4n) is 3.11. The second kappa shape index (κ2) is 10.0. The number of halogens is 3. The van der Waals surface area contributed by atoms with Gasteiger partial charge in [-0.2, -0.15) is 0 Å². The summed E-state index contributed by atoms with van der Waals surface area (Å²) in [6.07, 6.45) is 1.28. The topological polar surface area (TPSA) is 92.8 Å². The smallest absolute Gasteiger partial charge is 0.343 e. The monoisotopic (exact) mass is 646 g/mol. The van der Waals surface area contributed by atoms with Gasteiger partial charge < -0.3 is 4.74 Å². The molecule has 1 N–H and O–H groups in total. The summed E-state index contributed by atoms with van der Waals surface area (Å²) in [5.41, 5.74) is 0.619. The van der Waals surface area contributed by atoms with Gasteiger partial charge in [0.05, 0.1) is 11.3 Å². The van der Waals surface area contributed by atoms with Gasteiger partial charge in [0.2, 0.25) is 0 Å². The fourth-order valence-corrected chi connectivity index (χ4v) is 4.01. The molecule has 1 saturated heterocycles. The number of nitrogens with zero attached hydrogens (tertiary/aromatic N) is 1. The van der Waals surface area contributed by atoms with E-state index in [1.54, 1.807) is 60.7 Å². The largest absolute Gasteiger partial charge is 0.422 e. The van der Waals surface area contributed by atoms with Crippen LogP contribution in [0, 0.1) is 0 Å². The van der Waals surface area contributed by atoms with Crippen LogP contribution >= 0.6 is 47.8 Å². The van der Waals surface area contributed by atoms with Crippen LogP contribution in [-0.2, 0) is 9.59 Å². The first-order valence-electron chi connectivity index (χ1n) is 9.67. The Kier molecular flexibility index (Phi) is 7.11. The molecule has 0 saturated carbocycles. The third kappa shape index (κ3) is 5.19. The van der Waals surface area contributed by atoms with Gasteiger partial charge in [0.1, 0.15) is 11.3 Å². The second-order valence-electron chi connectivity index (χ2n) is 7.01. The maximum atomic E-state index is 13.1. The van der Waals surface area contributed by atoms with E-state index in [-0.39, 0.29) is 11.3 Å². The number of hydrogen-bond acceptors (Lipinski definition) is 5. The van der Waals surface area contributed by atoms with E-state index in [0.717, 1.165) is 13.8 Å². The SMILES string of the molecule is O=C1NC(=O)N(c2ccc(Br)cc2)C(=O)/C1=C\c1cc(Br)ccc1OC(=O)c1ccc(Br)cc1. The van der Waals surface area contributed by atoms with Gasteiger partial charge in [-0.05, 0) is 72.8 Å². The van der Waals surface area contributed by atoms with E-state index in [2.05, 4.69) is 53.1 Å². The number of nitrogens with one attached hydrogen (secondary N) is 1. The van der Waals surface area contributed by atoms with E-state index in [9.17, 15) is 19.2 Å². The molecule has 0 atom stereocenters. The highest BCUT2D eigenvalue weighted by Gasteiger charge is 2.37. The lowest BCUT2D eigenvalue weighted by molar-refractivity contribution is -0.122. The van der Waals surface area contributed by atoms with Gasteiger partial charge in [-0.25, -0.2) is 14.5 Å². The molecule has 3 aromatic carbocycles. The molecule has 0 bridgehead atoms. The Bertz CT molecular complexity index is 1350. The Morgan fingerprint density at radius 1 is 0.824 bits per heavy atom. The number of urea groups is 1. The zero-order valence-corrected chi connectivity index (χ0v) is 21.8. The summed E-state index contributed by atoms with van der Waals surface area (Å²) in [6.45, 7) is 0. The molecule has 0 radical (unpaired) electrons. The van der Waals surface area contributed by atoms with Crippen LogP contribution < -0.4 is 15.0 Å². The van der Waals surface area contributed by atoms with Crippen molar-refractivity contribution in [1.29, 1.82) is 0 Å². The molecule has 10 heteroatoms. The normalized spacial score (nSPS) is 14.9. The highest BCUT2D eigenvalue weighted by molar-refractivity contribution is 9.11. The van der Waals surface area contributed by atoms with Gasteiger partial charge in [0.15, 0.2) is 0 Å². The van der Waals surface area contributed by atoms with E-state index in [4.69, 9.17) is 4.74 Å². The minimum Gasteiger partial charge on any atom is -0.422 e. The summed E-state index contributed by atoms with van der Waals surface area (Å²) in [4.78, 5) is 51.6. The lowest BCUT2D eigenvalue weighted by Gasteiger charge is -2.26. The zero-order valence-electron chi connectivity index (χ0n) is 17.1. The zero-order chi connectivity index (χ0) is 24.4. The van der Waals surface area contributed by atoms with Crippen molar-refractivity contribution >= 4 is 83.4 Å². The van der Waals surface area contributed by atoms with E-state index in [1.165, 1.54) is 12.1 Å². The van der Waals surface area contributed by atoms with Crippen molar-refractivity contribution in [2.45, 2.75) is 0 Å². The highest BCUT2D eigenvalue weighted by atomic mass is 79.9. The summed E-state index contributed by atoms with van der Waals surface area (Å²) >= 11 is 9.96. The van der Waals surface area contributed by atoms with Crippen LogP contribution in [-0.4, -0.2) is 23.8 Å². The van der Waals surface area contributed by atoms with E-state index in [0.29, 0.717) is 21.3 Å². The molecule has 1 heterocycles. The number of rotatable bonds is 4. The lowest BCUT2D eigenvalue weighted by atomic mass is 10.1. The molecule has 1 fully saturated rings. The van der Waals surface area contributed by atoms with Gasteiger partial charge in [-0.15, -0.1) is 0 Å². The average Bonchev–Trinajstić information content (AvgIpc) is 2.80. The number of carbonyl (C=O) groups excluding carboxylic acids is 4. The number of anilines is 1. The minimum absolute atomic E-state index is 0.135. The number of imide groups is 2. The Labute approximate surface area is 219 Å². The van der Waals surface area contributed by atoms with Crippen molar-refractivity contribution in [2.24, 2.45) is 0 Å². The predicted octanol–water partition coefficient (Wildman–Crippen LogP) is 5.86. The third-order valence-corrected chi connectivity index (χ3v) is 6.29. The Hall–Kier alpha value is -3.08. The Balaban J connectivity index is 1.70. The molecular formula is C24H13Br3N2O5. The molecule has 0 aliphatic carbocycles. The summed E-state index contributed by atoms with van der Waals surface area (Å²) in [6, 6.07) is 17.0. The Morgan fingerprint density at radius 2 is 1.41 bits per heavy atom. The molecule has 0 spiro atoms. The molecule has 4 amide bonds. The first-order valence-corrected chi connectivity index (χ1v) is 12.0. The molecule has 0 unspecified atom stereocenters. The predicted molar refractivity (Wildman–Crippen MR) is 136 cm³/mol. The summed E-state index contributed by atoms with van der Waals surface area (Å²) in [5, 5.41) is 2.17. The van der Waals surface area contributed by atoms with Crippen LogP contribution in [0.3, 0.4) is 0 Å². The van der Waals surface area contributed by atoms with Gasteiger partial charge in [0.25, 0.3) is 11.8 Å². The summed E-state index contributed by atoms with van der Waals surface area (Å²) < 4.78 is 7.74. The van der Waals surface area contributed by atoms with Crippen LogP contribution in [0.2, 0.25) is 0 Å². The molecule has 0 aromatic heterocycles. The number of carbonyl (C=O) groups is 4. The fraction of sp³-hybridized carbons (Fsp3) is 0. The number of benzene rings is 3. The van der Waals surface area contributed by atoms with Crippen molar-refractivity contribution in [1.82, 2.24) is 5.32 Å². The molecule has 34 heavy (non-hydrogen) atoms. The van der Waals surface area contributed by atoms with Gasteiger partial charge in [-0.3, -0.25) is 14.9 Å². The number of ether oxygens (including phenoxy) is 1. The molecule has 170 valence electrons. The van der Waals surface area contributed by atoms with Crippen LogP contribution in [0.5, 0.6) is 5.75 Å². The first kappa shape index (κ1) is 24.1. The molecule has 7 nitrogen and oxygen atoms in total. The van der Waals surface area contributed by atoms with Crippen LogP contribution in [0.25, 0.3) is 6.08 Å². The van der Waals surface area contributed by atoms with Crippen LogP contribution in [0.4, 0.5) is 10.5 Å². The van der Waals surface area contributed by atoms with E-state index >= 15 is 0 Å². The summed E-state index contributed by atoms with van der Waals surface area (Å²) in [7, 11) is 0. The number of amides is 4. The average molecular weight is 649 g/mol. The maximum absolute atomic E-state index is 13.1. The molecule has 1 aliphatic heterocycles. The number of barbiturate groups is 1. The maximum Gasteiger partial charge on any atom is 0.343 e. The van der Waals surface area contributed by atoms with Crippen LogP contribution in [0.15, 0.2) is 85.7 Å². The van der Waals surface area contributed by atoms with Crippen molar-refractivity contribution in [3.05, 3.63) is 96.8 Å². The lowest BCUT2D eigenvalue weighted by Crippen LogP contribution is -2.54. The van der Waals surface area contributed by atoms with E-state index < -0.39 is 23.8 Å². The van der Waals surface area contributed by atoms with Gasteiger partial charge >= 0.3 is 12.0 Å². The van der Waals surface area contributed by atoms with Crippen molar-refractivity contribution in [3.63, 3.8) is 0 Å². The molecular weight excluding hydrogens is 636 g/mol. The van der Waals surface area contributed by atoms with E-state index in [1.807, 2.05) is 0 Å². The first-order chi connectivity index (χ1) is 16.2. The van der Waals surface area contributed by atoms with Crippen LogP contribution in [0.1, 0.15) is 15.9 Å². The van der Waals surface area contributed by atoms with Crippen molar-refractivity contribution < 1.29 is 23.9 Å². The quantitative estimate of drug-likeness (QED) is 0.166. The van der Waals surface area contributed by atoms with Gasteiger partial charge in [-0.1, -0.05) is 47.8 Å². The third-order valence-electron chi connectivity index (χ3n) is 4.74. The molecule has 3 aromatic rings. The summed E-state index contributed by atoms with van der Waals surface area (Å²) in [5.74, 6) is -2.13. The molecule has 1 aliphatic rings. The number of esters is 1. The van der Waals surface area contributed by atoms with Crippen molar-refractivity contribution in [3.8, 4) is 5.75 Å². The molecule has 4 rings (SSSR count).